The summed E-state index contributed by atoms with van der Waals surface area (Å²) in [5.41, 5.74) is 5.56. The molecule has 1 unspecified atom stereocenters. The first-order valence-electron chi connectivity index (χ1n) is 5.76. The molecule has 0 aliphatic carbocycles. The van der Waals surface area contributed by atoms with E-state index in [0.29, 0.717) is 19.8 Å². The molecule has 0 saturated heterocycles. The molecular weight excluding hydrogens is 256 g/mol. The predicted octanol–water partition coefficient (Wildman–Crippen LogP) is -0.543. The lowest BCUT2D eigenvalue weighted by Crippen LogP contribution is -2.42. The lowest BCUT2D eigenvalue weighted by molar-refractivity contribution is -0.122. The molecule has 0 saturated carbocycles. The summed E-state index contributed by atoms with van der Waals surface area (Å²) in [7, 11) is -3.08. The fourth-order valence-corrected chi connectivity index (χ4v) is 1.80. The number of hydrogen-bond acceptors (Lipinski definition) is 5. The summed E-state index contributed by atoms with van der Waals surface area (Å²) in [6.45, 7) is 4.89. The predicted molar refractivity (Wildman–Crippen MR) is 70.9 cm³/mol. The van der Waals surface area contributed by atoms with E-state index in [1.54, 1.807) is 6.08 Å². The summed E-state index contributed by atoms with van der Waals surface area (Å²) in [5.74, 6) is -0.441. The fraction of sp³-hybridized carbons (Fsp3) is 0.727. The smallest absolute Gasteiger partial charge is 0.237 e. The van der Waals surface area contributed by atoms with Crippen LogP contribution in [0.2, 0.25) is 0 Å². The lowest BCUT2D eigenvalue weighted by atomic mass is 10.2. The third kappa shape index (κ3) is 10.2. The largest absolute Gasteiger partial charge is 0.379 e. The van der Waals surface area contributed by atoms with Crippen LogP contribution in [0.15, 0.2) is 12.7 Å². The second kappa shape index (κ2) is 9.07. The first kappa shape index (κ1) is 17.1. The molecule has 0 rings (SSSR count). The van der Waals surface area contributed by atoms with Crippen LogP contribution in [0, 0.1) is 0 Å². The number of ether oxygens (including phenoxy) is 1. The Morgan fingerprint density at radius 3 is 2.72 bits per heavy atom. The molecule has 0 aliphatic heterocycles. The van der Waals surface area contributed by atoms with Gasteiger partial charge in [0.15, 0.2) is 0 Å². The van der Waals surface area contributed by atoms with E-state index in [4.69, 9.17) is 10.5 Å². The van der Waals surface area contributed by atoms with Gasteiger partial charge in [0.25, 0.3) is 0 Å². The average molecular weight is 278 g/mol. The number of rotatable bonds is 10. The molecule has 6 nitrogen and oxygen atoms in total. The van der Waals surface area contributed by atoms with Crippen LogP contribution in [-0.4, -0.2) is 52.1 Å². The van der Waals surface area contributed by atoms with Gasteiger partial charge in [0, 0.05) is 12.8 Å². The molecular formula is C11H22N2O4S. The molecule has 0 aliphatic rings. The van der Waals surface area contributed by atoms with Gasteiger partial charge in [-0.15, -0.1) is 6.58 Å². The number of nitrogens with two attached hydrogens (primary N) is 1. The van der Waals surface area contributed by atoms with Gasteiger partial charge in [-0.1, -0.05) is 6.08 Å². The molecule has 0 aromatic carbocycles. The van der Waals surface area contributed by atoms with Crippen LogP contribution in [0.1, 0.15) is 12.8 Å². The van der Waals surface area contributed by atoms with Crippen molar-refractivity contribution >= 4 is 15.7 Å². The van der Waals surface area contributed by atoms with E-state index in [-0.39, 0.29) is 18.1 Å². The number of carbonyl (C=O) groups is 1. The van der Waals surface area contributed by atoms with Gasteiger partial charge >= 0.3 is 0 Å². The van der Waals surface area contributed by atoms with E-state index in [2.05, 4.69) is 11.9 Å². The summed E-state index contributed by atoms with van der Waals surface area (Å²) in [6.07, 6.45) is 3.76. The molecule has 3 N–H and O–H groups in total. The van der Waals surface area contributed by atoms with E-state index in [1.807, 2.05) is 0 Å². The van der Waals surface area contributed by atoms with Gasteiger partial charge < -0.3 is 15.8 Å². The minimum atomic E-state index is -3.08. The summed E-state index contributed by atoms with van der Waals surface area (Å²) < 4.78 is 27.0. The van der Waals surface area contributed by atoms with Gasteiger partial charge in [0.05, 0.1) is 25.0 Å². The summed E-state index contributed by atoms with van der Waals surface area (Å²) in [5, 5.41) is 2.59. The number of amides is 1. The average Bonchev–Trinajstić information content (AvgIpc) is 2.29. The van der Waals surface area contributed by atoms with E-state index in [9.17, 15) is 13.2 Å². The monoisotopic (exact) mass is 278 g/mol. The van der Waals surface area contributed by atoms with Gasteiger partial charge in [-0.2, -0.15) is 0 Å². The molecule has 0 spiro atoms. The SMILES string of the molecule is C=CCCOCCNC(=O)C(N)CCS(C)(=O)=O. The van der Waals surface area contributed by atoms with Crippen LogP contribution in [-0.2, 0) is 19.4 Å². The van der Waals surface area contributed by atoms with Crippen LogP contribution in [0.5, 0.6) is 0 Å². The Morgan fingerprint density at radius 2 is 2.17 bits per heavy atom. The highest BCUT2D eigenvalue weighted by molar-refractivity contribution is 7.90. The number of sulfone groups is 1. The third-order valence-electron chi connectivity index (χ3n) is 2.15. The van der Waals surface area contributed by atoms with E-state index < -0.39 is 15.9 Å². The maximum atomic E-state index is 11.4. The summed E-state index contributed by atoms with van der Waals surface area (Å²) >= 11 is 0. The Hall–Kier alpha value is -0.920. The van der Waals surface area contributed by atoms with Crippen molar-refractivity contribution in [2.75, 3.05) is 31.8 Å². The minimum absolute atomic E-state index is 0.0859. The lowest BCUT2D eigenvalue weighted by Gasteiger charge is -2.11. The Balaban J connectivity index is 3.65. The number of carbonyl (C=O) groups excluding carboxylic acids is 1. The highest BCUT2D eigenvalue weighted by Crippen LogP contribution is 1.94. The van der Waals surface area contributed by atoms with Crippen LogP contribution >= 0.6 is 0 Å². The number of hydrogen-bond donors (Lipinski definition) is 2. The molecule has 7 heteroatoms. The first-order chi connectivity index (χ1) is 8.37. The zero-order valence-electron chi connectivity index (χ0n) is 10.7. The molecule has 0 aromatic rings. The summed E-state index contributed by atoms with van der Waals surface area (Å²) in [6, 6.07) is -0.798. The number of nitrogens with one attached hydrogen (secondary N) is 1. The zero-order valence-corrected chi connectivity index (χ0v) is 11.5. The maximum Gasteiger partial charge on any atom is 0.237 e. The van der Waals surface area contributed by atoms with Crippen LogP contribution in [0.4, 0.5) is 0 Å². The maximum absolute atomic E-state index is 11.4. The quantitative estimate of drug-likeness (QED) is 0.413. The van der Waals surface area contributed by atoms with E-state index in [1.165, 1.54) is 0 Å². The molecule has 0 bridgehead atoms. The molecule has 106 valence electrons. The molecule has 0 aromatic heterocycles. The molecule has 18 heavy (non-hydrogen) atoms. The standard InChI is InChI=1S/C11H22N2O4S/c1-3-4-7-17-8-6-13-11(14)10(12)5-9-18(2,15)16/h3,10H,1,4-9,12H2,2H3,(H,13,14). The van der Waals surface area contributed by atoms with Gasteiger partial charge in [-0.3, -0.25) is 4.79 Å². The fourth-order valence-electron chi connectivity index (χ4n) is 1.12. The molecule has 0 radical (unpaired) electrons. The zero-order chi connectivity index (χ0) is 14.0. The van der Waals surface area contributed by atoms with Crippen molar-refractivity contribution < 1.29 is 17.9 Å². The molecule has 0 fully saturated rings. The van der Waals surface area contributed by atoms with Crippen LogP contribution in [0.3, 0.4) is 0 Å². The van der Waals surface area contributed by atoms with Crippen molar-refractivity contribution in [3.05, 3.63) is 12.7 Å². The topological polar surface area (TPSA) is 98.5 Å². The second-order valence-electron chi connectivity index (χ2n) is 4.01. The molecule has 0 heterocycles. The second-order valence-corrected chi connectivity index (χ2v) is 6.27. The van der Waals surface area contributed by atoms with Crippen molar-refractivity contribution in [2.24, 2.45) is 5.73 Å². The van der Waals surface area contributed by atoms with Crippen LogP contribution in [0.25, 0.3) is 0 Å². The van der Waals surface area contributed by atoms with Crippen LogP contribution < -0.4 is 11.1 Å². The highest BCUT2D eigenvalue weighted by Gasteiger charge is 2.15. The van der Waals surface area contributed by atoms with Gasteiger partial charge in [-0.25, -0.2) is 8.42 Å². The van der Waals surface area contributed by atoms with Gasteiger partial charge in [0.1, 0.15) is 9.84 Å². The third-order valence-corrected chi connectivity index (χ3v) is 3.13. The van der Waals surface area contributed by atoms with Gasteiger partial charge in [-0.05, 0) is 12.8 Å². The van der Waals surface area contributed by atoms with Crippen molar-refractivity contribution in [2.45, 2.75) is 18.9 Å². The Morgan fingerprint density at radius 1 is 1.50 bits per heavy atom. The minimum Gasteiger partial charge on any atom is -0.379 e. The van der Waals surface area contributed by atoms with Crippen molar-refractivity contribution in [1.29, 1.82) is 0 Å². The Bertz CT molecular complexity index is 354. The highest BCUT2D eigenvalue weighted by atomic mass is 32.2. The van der Waals surface area contributed by atoms with E-state index in [0.717, 1.165) is 12.7 Å². The van der Waals surface area contributed by atoms with Crippen molar-refractivity contribution in [3.8, 4) is 0 Å². The first-order valence-corrected chi connectivity index (χ1v) is 7.82. The van der Waals surface area contributed by atoms with E-state index >= 15 is 0 Å². The molecule has 1 amide bonds. The Labute approximate surface area is 108 Å². The van der Waals surface area contributed by atoms with Gasteiger partial charge in [0.2, 0.25) is 5.91 Å². The van der Waals surface area contributed by atoms with Crippen molar-refractivity contribution in [1.82, 2.24) is 5.32 Å². The summed E-state index contributed by atoms with van der Waals surface area (Å²) in [4.78, 5) is 11.4. The van der Waals surface area contributed by atoms with Crippen molar-refractivity contribution in [3.63, 3.8) is 0 Å². The Kier molecular flexibility index (Phi) is 8.61. The normalized spacial score (nSPS) is 13.0. The molecule has 1 atom stereocenters.